The Kier molecular flexibility index (Phi) is 7.42. The molecule has 0 radical (unpaired) electrons. The molecule has 1 N–H and O–H groups in total. The van der Waals surface area contributed by atoms with Crippen LogP contribution in [0, 0.1) is 19.8 Å². The highest BCUT2D eigenvalue weighted by Crippen LogP contribution is 2.38. The fraction of sp³-hybridized carbons (Fsp3) is 0.440. The molecule has 1 aromatic heterocycles. The van der Waals surface area contributed by atoms with E-state index in [1.54, 1.807) is 18.0 Å². The molecule has 0 bridgehead atoms. The van der Waals surface area contributed by atoms with Crippen LogP contribution in [0.4, 0.5) is 5.13 Å². The number of piperazine rings is 1. The average Bonchev–Trinajstić information content (AvgIpc) is 3.60. The summed E-state index contributed by atoms with van der Waals surface area (Å²) >= 11 is 3.00. The Bertz CT molecular complexity index is 1130. The maximum atomic E-state index is 13.5. The normalized spacial score (nSPS) is 18.0. The van der Waals surface area contributed by atoms with E-state index in [0.29, 0.717) is 30.3 Å². The third kappa shape index (κ3) is 5.36. The summed E-state index contributed by atoms with van der Waals surface area (Å²) in [6.45, 7) is 11.2. The van der Waals surface area contributed by atoms with Gasteiger partial charge in [-0.25, -0.2) is 4.98 Å². The van der Waals surface area contributed by atoms with E-state index in [-0.39, 0.29) is 29.7 Å². The highest BCUT2D eigenvalue weighted by atomic mass is 32.2. The van der Waals surface area contributed by atoms with Gasteiger partial charge in [0, 0.05) is 42.1 Å². The van der Waals surface area contributed by atoms with Crippen LogP contribution in [-0.2, 0) is 9.59 Å². The van der Waals surface area contributed by atoms with E-state index in [0.717, 1.165) is 39.5 Å². The van der Waals surface area contributed by atoms with Crippen molar-refractivity contribution in [3.05, 3.63) is 47.7 Å². The van der Waals surface area contributed by atoms with E-state index in [4.69, 9.17) is 0 Å². The number of nitrogens with one attached hydrogen (secondary N) is 1. The minimum Gasteiger partial charge on any atom is -0.335 e. The number of anilines is 1. The molecular formula is C25H30N4O3S2. The van der Waals surface area contributed by atoms with Gasteiger partial charge < -0.3 is 15.1 Å². The predicted molar refractivity (Wildman–Crippen MR) is 135 cm³/mol. The summed E-state index contributed by atoms with van der Waals surface area (Å²) in [5.41, 5.74) is 2.70. The van der Waals surface area contributed by atoms with Gasteiger partial charge in [0.05, 0.1) is 10.4 Å². The summed E-state index contributed by atoms with van der Waals surface area (Å²) in [5.74, 6) is 0.0918. The van der Waals surface area contributed by atoms with Crippen LogP contribution >= 0.6 is 23.1 Å². The van der Waals surface area contributed by atoms with Crippen molar-refractivity contribution in [2.45, 2.75) is 55.2 Å². The number of nitrogens with zero attached hydrogens (tertiary/aromatic N) is 3. The van der Waals surface area contributed by atoms with Gasteiger partial charge in [0.2, 0.25) is 11.8 Å². The lowest BCUT2D eigenvalue weighted by Gasteiger charge is -2.41. The first-order valence-corrected chi connectivity index (χ1v) is 13.2. The lowest BCUT2D eigenvalue weighted by atomic mass is 10.0. The molecule has 2 heterocycles. The van der Waals surface area contributed by atoms with Gasteiger partial charge in [-0.05, 0) is 56.4 Å². The predicted octanol–water partition coefficient (Wildman–Crippen LogP) is 4.51. The molecule has 1 aliphatic heterocycles. The van der Waals surface area contributed by atoms with Gasteiger partial charge in [-0.15, -0.1) is 0 Å². The molecule has 0 spiro atoms. The van der Waals surface area contributed by atoms with Gasteiger partial charge in [-0.2, -0.15) is 0 Å². The molecule has 3 amide bonds. The number of rotatable bonds is 7. The summed E-state index contributed by atoms with van der Waals surface area (Å²) in [6.07, 6.45) is 5.80. The fourth-order valence-electron chi connectivity index (χ4n) is 4.17. The zero-order chi connectivity index (χ0) is 24.4. The fourth-order valence-corrected chi connectivity index (χ4v) is 6.11. The molecule has 4 rings (SSSR count). The summed E-state index contributed by atoms with van der Waals surface area (Å²) < 4.78 is 0.957. The third-order valence-electron chi connectivity index (χ3n) is 6.32. The quantitative estimate of drug-likeness (QED) is 0.568. The number of benzene rings is 1. The zero-order valence-corrected chi connectivity index (χ0v) is 21.4. The molecule has 7 nitrogen and oxygen atoms in total. The van der Waals surface area contributed by atoms with E-state index in [2.05, 4.69) is 16.9 Å². The molecule has 1 saturated carbocycles. The minimum absolute atomic E-state index is 0.00908. The van der Waals surface area contributed by atoms with Crippen LogP contribution in [0.25, 0.3) is 0 Å². The van der Waals surface area contributed by atoms with Gasteiger partial charge in [0.15, 0.2) is 5.13 Å². The van der Waals surface area contributed by atoms with E-state index in [1.807, 2.05) is 42.7 Å². The Labute approximate surface area is 208 Å². The second kappa shape index (κ2) is 10.3. The first-order valence-electron chi connectivity index (χ1n) is 11.6. The van der Waals surface area contributed by atoms with Gasteiger partial charge in [0.1, 0.15) is 0 Å². The molecule has 9 heteroatoms. The Hall–Kier alpha value is -2.65. The number of hydrogen-bond acceptors (Lipinski definition) is 6. The molecule has 1 saturated heterocycles. The van der Waals surface area contributed by atoms with E-state index in [9.17, 15) is 14.4 Å². The maximum Gasteiger partial charge on any atom is 0.254 e. The van der Waals surface area contributed by atoms with Gasteiger partial charge >= 0.3 is 0 Å². The SMILES string of the molecule is C=CC(=O)N1CCN(C(=O)c2cc(Sc3cnc(NC(=O)C4CC4)s3)c(C)cc2C)C[C@H]1CC. The van der Waals surface area contributed by atoms with Crippen molar-refractivity contribution in [3.8, 4) is 0 Å². The number of thiazole rings is 1. The van der Waals surface area contributed by atoms with E-state index >= 15 is 0 Å². The smallest absolute Gasteiger partial charge is 0.254 e. The van der Waals surface area contributed by atoms with Gasteiger partial charge in [-0.3, -0.25) is 14.4 Å². The number of aromatic nitrogens is 1. The van der Waals surface area contributed by atoms with Gasteiger partial charge in [-0.1, -0.05) is 42.7 Å². The Morgan fingerprint density at radius 1 is 1.24 bits per heavy atom. The Morgan fingerprint density at radius 3 is 2.68 bits per heavy atom. The molecule has 2 fully saturated rings. The van der Waals surface area contributed by atoms with E-state index < -0.39 is 0 Å². The molecule has 2 aromatic rings. The van der Waals surface area contributed by atoms with Crippen molar-refractivity contribution in [3.63, 3.8) is 0 Å². The lowest BCUT2D eigenvalue weighted by molar-refractivity contribution is -0.130. The maximum absolute atomic E-state index is 13.5. The molecule has 1 atom stereocenters. The number of hydrogen-bond donors (Lipinski definition) is 1. The van der Waals surface area contributed by atoms with Crippen molar-refractivity contribution in [2.75, 3.05) is 25.0 Å². The van der Waals surface area contributed by atoms with Crippen LogP contribution in [0.3, 0.4) is 0 Å². The highest BCUT2D eigenvalue weighted by molar-refractivity contribution is 8.01. The molecular weight excluding hydrogens is 468 g/mol. The standard InChI is InChI=1S/C25H30N4O3S2/c1-5-18-14-28(9-10-29(18)21(30)6-2)24(32)19-12-20(16(4)11-15(19)3)33-22-13-26-25(34-22)27-23(31)17-7-8-17/h6,11-13,17-18H,2,5,7-10,14H2,1,3-4H3,(H,26,27,31)/t18-/m1/s1. The molecule has 180 valence electrons. The van der Waals surface area contributed by atoms with Crippen LogP contribution < -0.4 is 5.32 Å². The van der Waals surface area contributed by atoms with Crippen LogP contribution in [0.5, 0.6) is 0 Å². The van der Waals surface area contributed by atoms with Crippen LogP contribution in [-0.4, -0.2) is 58.2 Å². The van der Waals surface area contributed by atoms with Gasteiger partial charge in [0.25, 0.3) is 5.91 Å². The summed E-state index contributed by atoms with van der Waals surface area (Å²) in [7, 11) is 0. The number of carbonyl (C=O) groups is 3. The largest absolute Gasteiger partial charge is 0.335 e. The Balaban J connectivity index is 1.48. The molecule has 1 aliphatic carbocycles. The highest BCUT2D eigenvalue weighted by Gasteiger charge is 2.32. The topological polar surface area (TPSA) is 82.6 Å². The second-order valence-corrected chi connectivity index (χ2v) is 11.2. The Morgan fingerprint density at radius 2 is 2.00 bits per heavy atom. The van der Waals surface area contributed by atoms with Crippen molar-refractivity contribution < 1.29 is 14.4 Å². The zero-order valence-electron chi connectivity index (χ0n) is 19.8. The molecule has 2 aliphatic rings. The summed E-state index contributed by atoms with van der Waals surface area (Å²) in [6, 6.07) is 3.99. The minimum atomic E-state index is -0.0820. The number of carbonyl (C=O) groups excluding carboxylic acids is 3. The molecule has 0 unspecified atom stereocenters. The van der Waals surface area contributed by atoms with Crippen molar-refractivity contribution in [1.82, 2.24) is 14.8 Å². The first kappa shape index (κ1) is 24.5. The lowest BCUT2D eigenvalue weighted by Crippen LogP contribution is -2.56. The summed E-state index contributed by atoms with van der Waals surface area (Å²) in [4.78, 5) is 46.6. The number of amides is 3. The van der Waals surface area contributed by atoms with Crippen LogP contribution in [0.2, 0.25) is 0 Å². The monoisotopic (exact) mass is 498 g/mol. The van der Waals surface area contributed by atoms with Crippen molar-refractivity contribution in [2.24, 2.45) is 5.92 Å². The number of aryl methyl sites for hydroxylation is 2. The van der Waals surface area contributed by atoms with Crippen molar-refractivity contribution >= 4 is 46.0 Å². The molecule has 1 aromatic carbocycles. The van der Waals surface area contributed by atoms with Crippen LogP contribution in [0.1, 0.15) is 47.7 Å². The van der Waals surface area contributed by atoms with Crippen LogP contribution in [0.15, 0.2) is 40.1 Å². The van der Waals surface area contributed by atoms with E-state index in [1.165, 1.54) is 17.4 Å². The average molecular weight is 499 g/mol. The second-order valence-electron chi connectivity index (χ2n) is 8.83. The van der Waals surface area contributed by atoms with Crippen molar-refractivity contribution in [1.29, 1.82) is 0 Å². The molecule has 34 heavy (non-hydrogen) atoms. The summed E-state index contributed by atoms with van der Waals surface area (Å²) in [5, 5.41) is 3.50. The first-order chi connectivity index (χ1) is 16.3. The third-order valence-corrected chi connectivity index (χ3v) is 8.50.